The van der Waals surface area contributed by atoms with Gasteiger partial charge in [-0.15, -0.1) is 11.3 Å². The van der Waals surface area contributed by atoms with Gasteiger partial charge in [-0.05, 0) is 121 Å². The number of hydrogen-bond donors (Lipinski definition) is 0. The lowest BCUT2D eigenvalue weighted by Gasteiger charge is -2.28. The number of thiophene rings is 1. The summed E-state index contributed by atoms with van der Waals surface area (Å²) >= 11 is 1.88. The van der Waals surface area contributed by atoms with Gasteiger partial charge in [-0.3, -0.25) is 0 Å². The van der Waals surface area contributed by atoms with Crippen molar-refractivity contribution in [2.45, 2.75) is 19.3 Å². The van der Waals surface area contributed by atoms with Crippen LogP contribution in [0.3, 0.4) is 0 Å². The summed E-state index contributed by atoms with van der Waals surface area (Å²) in [5.41, 5.74) is 16.1. The van der Waals surface area contributed by atoms with Crippen LogP contribution in [0.1, 0.15) is 25.0 Å². The molecule has 0 unspecified atom stereocenters. The van der Waals surface area contributed by atoms with Crippen molar-refractivity contribution in [3.63, 3.8) is 0 Å². The molecule has 270 valence electrons. The zero-order valence-electron chi connectivity index (χ0n) is 31.9. The number of anilines is 3. The predicted octanol–water partition coefficient (Wildman–Crippen LogP) is 16.0. The molecular formula is C55H39NS. The highest BCUT2D eigenvalue weighted by atomic mass is 32.1. The molecule has 0 aliphatic heterocycles. The molecule has 0 bridgehead atoms. The quantitative estimate of drug-likeness (QED) is 0.164. The molecule has 10 aromatic rings. The number of hydrogen-bond acceptors (Lipinski definition) is 2. The maximum atomic E-state index is 2.43. The lowest BCUT2D eigenvalue weighted by molar-refractivity contribution is 0.660. The Bertz CT molecular complexity index is 3130. The van der Waals surface area contributed by atoms with Crippen molar-refractivity contribution in [3.05, 3.63) is 211 Å². The average molecular weight is 746 g/mol. The van der Waals surface area contributed by atoms with E-state index < -0.39 is 0 Å². The van der Waals surface area contributed by atoms with Crippen LogP contribution >= 0.6 is 11.3 Å². The van der Waals surface area contributed by atoms with E-state index in [4.69, 9.17) is 0 Å². The van der Waals surface area contributed by atoms with Gasteiger partial charge in [0.05, 0.1) is 0 Å². The Morgan fingerprint density at radius 1 is 0.351 bits per heavy atom. The molecule has 1 nitrogen and oxygen atoms in total. The summed E-state index contributed by atoms with van der Waals surface area (Å²) in [4.78, 5) is 2.42. The van der Waals surface area contributed by atoms with Crippen molar-refractivity contribution in [1.29, 1.82) is 0 Å². The van der Waals surface area contributed by atoms with Crippen LogP contribution in [0.5, 0.6) is 0 Å². The molecule has 0 saturated heterocycles. The normalized spacial score (nSPS) is 12.9. The molecule has 2 heteroatoms. The Morgan fingerprint density at radius 3 is 1.75 bits per heavy atom. The van der Waals surface area contributed by atoms with E-state index in [1.54, 1.807) is 0 Å². The molecule has 0 amide bonds. The number of rotatable bonds is 6. The molecular weight excluding hydrogens is 707 g/mol. The smallest absolute Gasteiger partial charge is 0.0465 e. The first-order valence-electron chi connectivity index (χ1n) is 19.8. The van der Waals surface area contributed by atoms with E-state index in [0.29, 0.717) is 0 Å². The van der Waals surface area contributed by atoms with Gasteiger partial charge < -0.3 is 4.90 Å². The van der Waals surface area contributed by atoms with Gasteiger partial charge in [0.2, 0.25) is 0 Å². The van der Waals surface area contributed by atoms with E-state index in [-0.39, 0.29) is 5.41 Å². The lowest BCUT2D eigenvalue weighted by atomic mass is 9.82. The van der Waals surface area contributed by atoms with Crippen LogP contribution in [-0.4, -0.2) is 0 Å². The van der Waals surface area contributed by atoms with E-state index in [2.05, 4.69) is 219 Å². The maximum absolute atomic E-state index is 2.43. The SMILES string of the molecule is CC1(C)c2ccccc2-c2ccc(N(c3ccc(-c4ccccc4)cc3)c3ccc(-c4cc5sc6ccccc6c5cc4-c4cccc5ccccc45)cc3)cc21. The van der Waals surface area contributed by atoms with Crippen LogP contribution in [0.15, 0.2) is 200 Å². The number of nitrogens with zero attached hydrogens (tertiary/aromatic N) is 1. The van der Waals surface area contributed by atoms with Gasteiger partial charge in [-0.1, -0.05) is 159 Å². The third-order valence-electron chi connectivity index (χ3n) is 12.1. The van der Waals surface area contributed by atoms with Gasteiger partial charge in [0.15, 0.2) is 0 Å². The van der Waals surface area contributed by atoms with Crippen LogP contribution in [0.4, 0.5) is 17.1 Å². The zero-order valence-corrected chi connectivity index (χ0v) is 32.7. The topological polar surface area (TPSA) is 3.24 Å². The van der Waals surface area contributed by atoms with Crippen molar-refractivity contribution >= 4 is 59.3 Å². The largest absolute Gasteiger partial charge is 0.310 e. The van der Waals surface area contributed by atoms with Crippen LogP contribution in [0.25, 0.3) is 75.5 Å². The molecule has 9 aromatic carbocycles. The fraction of sp³-hybridized carbons (Fsp3) is 0.0545. The Labute approximate surface area is 337 Å². The second kappa shape index (κ2) is 13.2. The zero-order chi connectivity index (χ0) is 38.1. The minimum Gasteiger partial charge on any atom is -0.310 e. The fourth-order valence-corrected chi connectivity index (χ4v) is 10.3. The van der Waals surface area contributed by atoms with Gasteiger partial charge in [0.25, 0.3) is 0 Å². The van der Waals surface area contributed by atoms with Crippen molar-refractivity contribution in [2.75, 3.05) is 4.90 Å². The molecule has 0 radical (unpaired) electrons. The van der Waals surface area contributed by atoms with E-state index in [1.807, 2.05) is 11.3 Å². The van der Waals surface area contributed by atoms with E-state index >= 15 is 0 Å². The number of benzene rings is 9. The molecule has 1 aliphatic carbocycles. The summed E-state index contributed by atoms with van der Waals surface area (Å²) < 4.78 is 2.62. The molecule has 0 spiro atoms. The molecule has 1 aliphatic rings. The van der Waals surface area contributed by atoms with E-state index in [1.165, 1.54) is 86.6 Å². The Balaban J connectivity index is 1.07. The first-order valence-corrected chi connectivity index (χ1v) is 20.6. The first kappa shape index (κ1) is 33.6. The van der Waals surface area contributed by atoms with Gasteiger partial charge in [0, 0.05) is 42.6 Å². The Kier molecular flexibility index (Phi) is 7.77. The highest BCUT2D eigenvalue weighted by Gasteiger charge is 2.35. The van der Waals surface area contributed by atoms with Gasteiger partial charge >= 0.3 is 0 Å². The van der Waals surface area contributed by atoms with Crippen LogP contribution in [0.2, 0.25) is 0 Å². The van der Waals surface area contributed by atoms with Crippen molar-refractivity contribution < 1.29 is 0 Å². The standard InChI is InChI=1S/C55H39NS/c1-55(2)51-21-10-8-18-45(51)46-32-31-42(33-52(46)55)56(40-27-23-37(24-28-40)36-13-4-3-5-14-36)41-29-25-39(26-30-41)48-35-54-50(47-19-9-11-22-53(47)57-54)34-49(48)44-20-12-16-38-15-6-7-17-43(38)44/h3-35H,1-2H3. The number of fused-ring (bicyclic) bond motifs is 7. The molecule has 11 rings (SSSR count). The van der Waals surface area contributed by atoms with Crippen LogP contribution in [-0.2, 0) is 5.41 Å². The molecule has 0 N–H and O–H groups in total. The Hall–Kier alpha value is -6.74. The van der Waals surface area contributed by atoms with Crippen LogP contribution in [0, 0.1) is 0 Å². The average Bonchev–Trinajstić information content (AvgIpc) is 3.75. The van der Waals surface area contributed by atoms with Crippen LogP contribution < -0.4 is 4.90 Å². The summed E-state index contributed by atoms with van der Waals surface area (Å²) in [6, 6.07) is 73.9. The molecule has 1 heterocycles. The minimum absolute atomic E-state index is 0.0993. The summed E-state index contributed by atoms with van der Waals surface area (Å²) in [6.07, 6.45) is 0. The molecule has 0 saturated carbocycles. The van der Waals surface area contributed by atoms with E-state index in [0.717, 1.165) is 17.1 Å². The third-order valence-corrected chi connectivity index (χ3v) is 13.2. The van der Waals surface area contributed by atoms with E-state index in [9.17, 15) is 0 Å². The highest BCUT2D eigenvalue weighted by Crippen LogP contribution is 2.51. The van der Waals surface area contributed by atoms with Crippen molar-refractivity contribution in [2.24, 2.45) is 0 Å². The summed E-state index contributed by atoms with van der Waals surface area (Å²) in [5, 5.41) is 5.14. The lowest BCUT2D eigenvalue weighted by Crippen LogP contribution is -2.16. The third kappa shape index (κ3) is 5.51. The second-order valence-corrected chi connectivity index (χ2v) is 16.8. The second-order valence-electron chi connectivity index (χ2n) is 15.7. The van der Waals surface area contributed by atoms with Gasteiger partial charge in [-0.2, -0.15) is 0 Å². The summed E-state index contributed by atoms with van der Waals surface area (Å²) in [6.45, 7) is 4.71. The van der Waals surface area contributed by atoms with Crippen molar-refractivity contribution in [1.82, 2.24) is 0 Å². The van der Waals surface area contributed by atoms with Gasteiger partial charge in [0.1, 0.15) is 0 Å². The predicted molar refractivity (Wildman–Crippen MR) is 245 cm³/mol. The molecule has 0 atom stereocenters. The Morgan fingerprint density at radius 2 is 0.947 bits per heavy atom. The monoisotopic (exact) mass is 745 g/mol. The highest BCUT2D eigenvalue weighted by molar-refractivity contribution is 7.25. The fourth-order valence-electron chi connectivity index (χ4n) is 9.20. The minimum atomic E-state index is -0.0993. The van der Waals surface area contributed by atoms with Gasteiger partial charge in [-0.25, -0.2) is 0 Å². The first-order chi connectivity index (χ1) is 28.0. The molecule has 1 aromatic heterocycles. The maximum Gasteiger partial charge on any atom is 0.0465 e. The van der Waals surface area contributed by atoms with Crippen molar-refractivity contribution in [3.8, 4) is 44.5 Å². The summed E-state index contributed by atoms with van der Waals surface area (Å²) in [5.74, 6) is 0. The summed E-state index contributed by atoms with van der Waals surface area (Å²) in [7, 11) is 0. The molecule has 0 fully saturated rings. The molecule has 57 heavy (non-hydrogen) atoms.